The Morgan fingerprint density at radius 3 is 3.05 bits per heavy atom. The van der Waals surface area contributed by atoms with Crippen LogP contribution in [0.3, 0.4) is 0 Å². The predicted molar refractivity (Wildman–Crippen MR) is 79.2 cm³/mol. The number of aromatic amines is 1. The maximum absolute atomic E-state index is 13.0. The number of hydrogen-bond acceptors (Lipinski definition) is 4. The molecule has 1 aromatic rings. The van der Waals surface area contributed by atoms with Gasteiger partial charge in [0.05, 0.1) is 6.04 Å². The molecule has 2 fully saturated rings. The van der Waals surface area contributed by atoms with Gasteiger partial charge in [0.15, 0.2) is 5.69 Å². The van der Waals surface area contributed by atoms with Crippen LogP contribution in [0.5, 0.6) is 0 Å². The molecule has 1 aliphatic carbocycles. The monoisotopic (exact) mass is 303 g/mol. The van der Waals surface area contributed by atoms with Crippen LogP contribution in [0, 0.1) is 0 Å². The zero-order valence-corrected chi connectivity index (χ0v) is 12.5. The lowest BCUT2D eigenvalue weighted by Gasteiger charge is -2.43. The number of hydrogen-bond donors (Lipinski definition) is 3. The summed E-state index contributed by atoms with van der Waals surface area (Å²) >= 11 is 0. The van der Waals surface area contributed by atoms with Crippen LogP contribution in [-0.2, 0) is 17.8 Å². The van der Waals surface area contributed by atoms with Gasteiger partial charge in [-0.3, -0.25) is 14.7 Å². The Balaban J connectivity index is 1.63. The van der Waals surface area contributed by atoms with Gasteiger partial charge < -0.3 is 15.5 Å². The van der Waals surface area contributed by atoms with Crippen molar-refractivity contribution in [1.29, 1.82) is 0 Å². The molecule has 2 atom stereocenters. The Morgan fingerprint density at radius 2 is 2.14 bits per heavy atom. The van der Waals surface area contributed by atoms with Crippen molar-refractivity contribution >= 4 is 11.8 Å². The van der Waals surface area contributed by atoms with E-state index in [-0.39, 0.29) is 30.4 Å². The lowest BCUT2D eigenvalue weighted by atomic mass is 9.87. The fourth-order valence-corrected chi connectivity index (χ4v) is 3.94. The number of nitrogens with zero attached hydrogens (tertiary/aromatic N) is 2. The second kappa shape index (κ2) is 5.39. The first-order chi connectivity index (χ1) is 10.7. The Hall–Kier alpha value is -1.89. The van der Waals surface area contributed by atoms with E-state index in [2.05, 4.69) is 20.8 Å². The van der Waals surface area contributed by atoms with E-state index < -0.39 is 0 Å². The Kier molecular flexibility index (Phi) is 3.37. The smallest absolute Gasteiger partial charge is 0.275 e. The zero-order chi connectivity index (χ0) is 15.1. The van der Waals surface area contributed by atoms with Gasteiger partial charge in [0.2, 0.25) is 5.91 Å². The molecule has 0 bridgehead atoms. The van der Waals surface area contributed by atoms with Crippen molar-refractivity contribution in [2.45, 2.75) is 50.7 Å². The second-order valence-corrected chi connectivity index (χ2v) is 6.41. The predicted octanol–water partition coefficient (Wildman–Crippen LogP) is -0.0614. The highest BCUT2D eigenvalue weighted by Gasteiger charge is 2.40. The Labute approximate surface area is 128 Å². The fraction of sp³-hybridized carbons (Fsp3) is 0.667. The average molecular weight is 303 g/mol. The van der Waals surface area contributed by atoms with Crippen LogP contribution >= 0.6 is 0 Å². The van der Waals surface area contributed by atoms with Gasteiger partial charge in [-0.25, -0.2) is 0 Å². The minimum Gasteiger partial charge on any atom is -0.350 e. The van der Waals surface area contributed by atoms with Crippen LogP contribution in [0.2, 0.25) is 0 Å². The molecule has 1 saturated heterocycles. The van der Waals surface area contributed by atoms with Gasteiger partial charge in [-0.05, 0) is 12.8 Å². The second-order valence-electron chi connectivity index (χ2n) is 6.41. The molecule has 2 amide bonds. The average Bonchev–Trinajstić information content (AvgIpc) is 2.97. The highest BCUT2D eigenvalue weighted by atomic mass is 16.2. The molecule has 3 heterocycles. The molecule has 22 heavy (non-hydrogen) atoms. The lowest BCUT2D eigenvalue weighted by Crippen LogP contribution is -2.63. The molecule has 0 aromatic carbocycles. The van der Waals surface area contributed by atoms with Crippen LogP contribution < -0.4 is 10.6 Å². The number of H-pyrrole nitrogens is 1. The molecule has 0 radical (unpaired) electrons. The summed E-state index contributed by atoms with van der Waals surface area (Å²) < 4.78 is 0. The first kappa shape index (κ1) is 13.8. The van der Waals surface area contributed by atoms with Crippen molar-refractivity contribution in [1.82, 2.24) is 25.7 Å². The molecule has 7 heteroatoms. The molecule has 2 aliphatic heterocycles. The first-order valence-corrected chi connectivity index (χ1v) is 8.11. The number of aromatic nitrogens is 2. The van der Waals surface area contributed by atoms with Crippen LogP contribution in [0.4, 0.5) is 0 Å². The largest absolute Gasteiger partial charge is 0.350 e. The molecule has 1 aromatic heterocycles. The summed E-state index contributed by atoms with van der Waals surface area (Å²) in [5.74, 6) is -0.160. The molecule has 118 valence electrons. The highest BCUT2D eigenvalue weighted by molar-refractivity contribution is 5.97. The van der Waals surface area contributed by atoms with E-state index in [1.807, 2.05) is 0 Å². The third-order valence-electron chi connectivity index (χ3n) is 5.06. The van der Waals surface area contributed by atoms with E-state index in [9.17, 15) is 9.59 Å². The molecular formula is C15H21N5O2. The molecule has 3 N–H and O–H groups in total. The van der Waals surface area contributed by atoms with Crippen LogP contribution in [0.25, 0.3) is 0 Å². The van der Waals surface area contributed by atoms with Crippen LogP contribution in [0.15, 0.2) is 0 Å². The van der Waals surface area contributed by atoms with E-state index in [4.69, 9.17) is 0 Å². The van der Waals surface area contributed by atoms with Crippen molar-refractivity contribution in [2.75, 3.05) is 13.1 Å². The van der Waals surface area contributed by atoms with E-state index in [1.54, 1.807) is 4.90 Å². The van der Waals surface area contributed by atoms with Gasteiger partial charge in [-0.15, -0.1) is 0 Å². The summed E-state index contributed by atoms with van der Waals surface area (Å²) in [5, 5.41) is 13.6. The summed E-state index contributed by atoms with van der Waals surface area (Å²) in [5.41, 5.74) is 2.50. The Morgan fingerprint density at radius 1 is 1.27 bits per heavy atom. The van der Waals surface area contributed by atoms with E-state index in [0.717, 1.165) is 49.9 Å². The zero-order valence-electron chi connectivity index (χ0n) is 12.5. The van der Waals surface area contributed by atoms with Crippen molar-refractivity contribution in [3.8, 4) is 0 Å². The molecule has 4 rings (SSSR count). The minimum absolute atomic E-state index is 0.0565. The molecular weight excluding hydrogens is 282 g/mol. The van der Waals surface area contributed by atoms with Crippen molar-refractivity contribution in [3.63, 3.8) is 0 Å². The number of piperazine rings is 1. The van der Waals surface area contributed by atoms with Crippen molar-refractivity contribution in [3.05, 3.63) is 17.0 Å². The van der Waals surface area contributed by atoms with E-state index in [0.29, 0.717) is 12.2 Å². The van der Waals surface area contributed by atoms with E-state index in [1.165, 1.54) is 0 Å². The summed E-state index contributed by atoms with van der Waals surface area (Å²) in [7, 11) is 0. The summed E-state index contributed by atoms with van der Waals surface area (Å²) in [6, 6.07) is 0.217. The van der Waals surface area contributed by atoms with Crippen LogP contribution in [0.1, 0.15) is 47.4 Å². The summed E-state index contributed by atoms with van der Waals surface area (Å²) in [4.78, 5) is 26.7. The highest BCUT2D eigenvalue weighted by Crippen LogP contribution is 2.28. The molecule has 0 spiro atoms. The van der Waals surface area contributed by atoms with Crippen molar-refractivity contribution < 1.29 is 9.59 Å². The van der Waals surface area contributed by atoms with Gasteiger partial charge >= 0.3 is 0 Å². The number of nitrogens with one attached hydrogen (secondary N) is 3. The van der Waals surface area contributed by atoms with Gasteiger partial charge in [0, 0.05) is 36.8 Å². The van der Waals surface area contributed by atoms with Gasteiger partial charge in [0.25, 0.3) is 5.91 Å². The number of amides is 2. The number of fused-ring (bicyclic) bond motifs is 2. The summed E-state index contributed by atoms with van der Waals surface area (Å²) in [6.45, 7) is 1.72. The molecule has 3 aliphatic rings. The fourth-order valence-electron chi connectivity index (χ4n) is 3.94. The maximum Gasteiger partial charge on any atom is 0.275 e. The molecule has 1 saturated carbocycles. The topological polar surface area (TPSA) is 90.1 Å². The van der Waals surface area contributed by atoms with Gasteiger partial charge in [-0.2, -0.15) is 5.10 Å². The number of rotatable bonds is 1. The standard InChI is InChI=1S/C15H21N5O2/c21-13-8-20(12-4-2-1-3-11(12)17-13)15(22)14-9-7-16-6-5-10(9)18-19-14/h11-12,16H,1-8H2,(H,17,21)(H,18,19). The lowest BCUT2D eigenvalue weighted by molar-refractivity contribution is -0.127. The third kappa shape index (κ3) is 2.20. The summed E-state index contributed by atoms with van der Waals surface area (Å²) in [6.07, 6.45) is 5.01. The maximum atomic E-state index is 13.0. The minimum atomic E-state index is -0.104. The van der Waals surface area contributed by atoms with Gasteiger partial charge in [0.1, 0.15) is 6.54 Å². The quantitative estimate of drug-likeness (QED) is 0.678. The van der Waals surface area contributed by atoms with Crippen LogP contribution in [-0.4, -0.2) is 52.1 Å². The first-order valence-electron chi connectivity index (χ1n) is 8.11. The number of carbonyl (C=O) groups excluding carboxylic acids is 2. The van der Waals surface area contributed by atoms with Gasteiger partial charge in [-0.1, -0.05) is 12.8 Å². The molecule has 2 unspecified atom stereocenters. The number of carbonyl (C=O) groups is 2. The Bertz CT molecular complexity index is 611. The SMILES string of the molecule is O=C1CN(C(=O)c2n[nH]c3c2CNCC3)C2CCCCC2N1. The third-order valence-corrected chi connectivity index (χ3v) is 5.06. The van der Waals surface area contributed by atoms with Crippen molar-refractivity contribution in [2.24, 2.45) is 0 Å². The molecule has 7 nitrogen and oxygen atoms in total. The normalized spacial score (nSPS) is 27.8. The van der Waals surface area contributed by atoms with E-state index >= 15 is 0 Å².